The first kappa shape index (κ1) is 22.2. The van der Waals surface area contributed by atoms with Crippen LogP contribution in [-0.2, 0) is 26.2 Å². The van der Waals surface area contributed by atoms with Gasteiger partial charge in [-0.3, -0.25) is 9.59 Å². The second-order valence-electron chi connectivity index (χ2n) is 6.82. The summed E-state index contributed by atoms with van der Waals surface area (Å²) in [4.78, 5) is 26.7. The molecule has 30 heavy (non-hydrogen) atoms. The zero-order chi connectivity index (χ0) is 21.9. The molecule has 1 fully saturated rings. The van der Waals surface area contributed by atoms with Crippen molar-refractivity contribution in [2.45, 2.75) is 24.8 Å². The van der Waals surface area contributed by atoms with Crippen LogP contribution < -0.4 is 14.9 Å². The fraction of sp³-hybridized carbons (Fsp3) is 0.300. The highest BCUT2D eigenvalue weighted by Crippen LogP contribution is 2.26. The standard InChI is InChI=1S/C20H21ClFN3O4S/c1-2-24-30(28,29)17-5-3-16(4-6-17)25-8-7-18(20(25)27)19(26)23-12-13-9-14(21)11-15(22)10-13/h3-6,9-11,18,24H,2,7-8,12H2,1H3,(H,23,26). The third-order valence-corrected chi connectivity index (χ3v) is 6.48. The van der Waals surface area contributed by atoms with Crippen molar-refractivity contribution >= 4 is 39.1 Å². The first-order valence-corrected chi connectivity index (χ1v) is 11.2. The van der Waals surface area contributed by atoms with E-state index in [2.05, 4.69) is 10.0 Å². The summed E-state index contributed by atoms with van der Waals surface area (Å²) < 4.78 is 39.8. The highest BCUT2D eigenvalue weighted by Gasteiger charge is 2.37. The van der Waals surface area contributed by atoms with E-state index in [4.69, 9.17) is 11.6 Å². The van der Waals surface area contributed by atoms with E-state index in [0.29, 0.717) is 24.2 Å². The number of halogens is 2. The van der Waals surface area contributed by atoms with Crippen LogP contribution in [0.4, 0.5) is 10.1 Å². The minimum atomic E-state index is -3.58. The molecule has 1 unspecified atom stereocenters. The van der Waals surface area contributed by atoms with Crippen LogP contribution in [0.25, 0.3) is 0 Å². The lowest BCUT2D eigenvalue weighted by atomic mass is 10.1. The normalized spacial score (nSPS) is 16.7. The molecule has 2 N–H and O–H groups in total. The maximum atomic E-state index is 13.4. The molecule has 0 aliphatic carbocycles. The van der Waals surface area contributed by atoms with E-state index in [1.54, 1.807) is 6.92 Å². The van der Waals surface area contributed by atoms with Gasteiger partial charge in [0, 0.05) is 30.3 Å². The molecule has 160 valence electrons. The number of amides is 2. The molecular formula is C20H21ClFN3O4S. The molecule has 1 aliphatic heterocycles. The lowest BCUT2D eigenvalue weighted by molar-refractivity contribution is -0.132. The van der Waals surface area contributed by atoms with Crippen molar-refractivity contribution in [2.75, 3.05) is 18.0 Å². The quantitative estimate of drug-likeness (QED) is 0.629. The lowest BCUT2D eigenvalue weighted by Crippen LogP contribution is -2.36. The van der Waals surface area contributed by atoms with Gasteiger partial charge < -0.3 is 10.2 Å². The van der Waals surface area contributed by atoms with Crippen LogP contribution in [0.3, 0.4) is 0 Å². The minimum absolute atomic E-state index is 0.0527. The van der Waals surface area contributed by atoms with Crippen LogP contribution in [0.5, 0.6) is 0 Å². The molecule has 2 aromatic carbocycles. The van der Waals surface area contributed by atoms with E-state index in [-0.39, 0.29) is 28.9 Å². The number of hydrogen-bond donors (Lipinski definition) is 2. The van der Waals surface area contributed by atoms with Gasteiger partial charge in [-0.05, 0) is 54.4 Å². The average molecular weight is 454 g/mol. The summed E-state index contributed by atoms with van der Waals surface area (Å²) in [6, 6.07) is 9.88. The summed E-state index contributed by atoms with van der Waals surface area (Å²) in [5.74, 6) is -2.19. The van der Waals surface area contributed by atoms with E-state index in [0.717, 1.165) is 0 Å². The van der Waals surface area contributed by atoms with E-state index >= 15 is 0 Å². The van der Waals surface area contributed by atoms with Crippen LogP contribution in [0.15, 0.2) is 47.4 Å². The highest BCUT2D eigenvalue weighted by molar-refractivity contribution is 7.89. The SMILES string of the molecule is CCNS(=O)(=O)c1ccc(N2CCC(C(=O)NCc3cc(F)cc(Cl)c3)C2=O)cc1. The van der Waals surface area contributed by atoms with E-state index in [1.165, 1.54) is 47.4 Å². The Morgan fingerprint density at radius 3 is 2.57 bits per heavy atom. The average Bonchev–Trinajstić information content (AvgIpc) is 3.07. The number of nitrogens with one attached hydrogen (secondary N) is 2. The third kappa shape index (κ3) is 4.97. The summed E-state index contributed by atoms with van der Waals surface area (Å²) in [7, 11) is -3.58. The molecule has 3 rings (SSSR count). The fourth-order valence-corrected chi connectivity index (χ4v) is 4.57. The van der Waals surface area contributed by atoms with Gasteiger partial charge in [0.15, 0.2) is 0 Å². The summed E-state index contributed by atoms with van der Waals surface area (Å²) in [5.41, 5.74) is 1.01. The van der Waals surface area contributed by atoms with Crippen LogP contribution in [-0.4, -0.2) is 33.3 Å². The van der Waals surface area contributed by atoms with Gasteiger partial charge in [0.1, 0.15) is 11.7 Å². The Kier molecular flexibility index (Phi) is 6.74. The van der Waals surface area contributed by atoms with Gasteiger partial charge in [0.2, 0.25) is 21.8 Å². The molecule has 1 aliphatic rings. The van der Waals surface area contributed by atoms with Crippen molar-refractivity contribution in [1.82, 2.24) is 10.0 Å². The first-order valence-electron chi connectivity index (χ1n) is 9.35. The number of anilines is 1. The molecule has 0 spiro atoms. The van der Waals surface area contributed by atoms with Crippen LogP contribution >= 0.6 is 11.6 Å². The van der Waals surface area contributed by atoms with Crippen molar-refractivity contribution in [3.8, 4) is 0 Å². The van der Waals surface area contributed by atoms with E-state index < -0.39 is 27.7 Å². The van der Waals surface area contributed by atoms with E-state index in [9.17, 15) is 22.4 Å². The largest absolute Gasteiger partial charge is 0.351 e. The zero-order valence-corrected chi connectivity index (χ0v) is 17.8. The molecule has 7 nitrogen and oxygen atoms in total. The summed E-state index contributed by atoms with van der Waals surface area (Å²) in [6.45, 7) is 2.34. The predicted molar refractivity (Wildman–Crippen MR) is 111 cm³/mol. The number of hydrogen-bond acceptors (Lipinski definition) is 4. The Morgan fingerprint density at radius 2 is 1.93 bits per heavy atom. The number of carbonyl (C=O) groups excluding carboxylic acids is 2. The number of nitrogens with zero attached hydrogens (tertiary/aromatic N) is 1. The van der Waals surface area contributed by atoms with Crippen molar-refractivity contribution in [1.29, 1.82) is 0 Å². The zero-order valence-electron chi connectivity index (χ0n) is 16.2. The topological polar surface area (TPSA) is 95.6 Å². The van der Waals surface area contributed by atoms with Gasteiger partial charge >= 0.3 is 0 Å². The smallest absolute Gasteiger partial charge is 0.240 e. The Balaban J connectivity index is 1.64. The summed E-state index contributed by atoms with van der Waals surface area (Å²) in [6.07, 6.45) is 0.325. The Bertz CT molecular complexity index is 1040. The van der Waals surface area contributed by atoms with Gasteiger partial charge in [-0.25, -0.2) is 17.5 Å². The van der Waals surface area contributed by atoms with Gasteiger partial charge in [-0.1, -0.05) is 18.5 Å². The second kappa shape index (κ2) is 9.11. The molecule has 0 bridgehead atoms. The molecule has 0 saturated carbocycles. The molecule has 2 aromatic rings. The van der Waals surface area contributed by atoms with Gasteiger partial charge in [-0.15, -0.1) is 0 Å². The van der Waals surface area contributed by atoms with Crippen LogP contribution in [0.2, 0.25) is 5.02 Å². The molecule has 10 heteroatoms. The molecule has 1 saturated heterocycles. The summed E-state index contributed by atoms with van der Waals surface area (Å²) in [5, 5.41) is 2.87. The molecule has 0 radical (unpaired) electrons. The molecule has 2 amide bonds. The second-order valence-corrected chi connectivity index (χ2v) is 9.03. The van der Waals surface area contributed by atoms with Crippen LogP contribution in [0.1, 0.15) is 18.9 Å². The maximum absolute atomic E-state index is 13.4. The van der Waals surface area contributed by atoms with E-state index in [1.807, 2.05) is 0 Å². The monoisotopic (exact) mass is 453 g/mol. The Hall–Kier alpha value is -2.49. The maximum Gasteiger partial charge on any atom is 0.240 e. The number of carbonyl (C=O) groups is 2. The Morgan fingerprint density at radius 1 is 1.23 bits per heavy atom. The molecule has 1 heterocycles. The van der Waals surface area contributed by atoms with Crippen molar-refractivity contribution in [3.63, 3.8) is 0 Å². The lowest BCUT2D eigenvalue weighted by Gasteiger charge is -2.17. The predicted octanol–water partition coefficient (Wildman–Crippen LogP) is 2.45. The first-order chi connectivity index (χ1) is 14.2. The van der Waals surface area contributed by atoms with Gasteiger partial charge in [0.25, 0.3) is 0 Å². The minimum Gasteiger partial charge on any atom is -0.351 e. The number of rotatable bonds is 7. The number of benzene rings is 2. The van der Waals surface area contributed by atoms with Crippen molar-refractivity contribution < 1.29 is 22.4 Å². The third-order valence-electron chi connectivity index (χ3n) is 4.70. The number of sulfonamides is 1. The molecule has 1 atom stereocenters. The van der Waals surface area contributed by atoms with Gasteiger partial charge in [-0.2, -0.15) is 0 Å². The van der Waals surface area contributed by atoms with Crippen molar-refractivity contribution in [3.05, 3.63) is 58.9 Å². The van der Waals surface area contributed by atoms with Crippen molar-refractivity contribution in [2.24, 2.45) is 5.92 Å². The van der Waals surface area contributed by atoms with Crippen LogP contribution in [0, 0.1) is 11.7 Å². The fourth-order valence-electron chi connectivity index (χ4n) is 3.28. The molecule has 0 aromatic heterocycles. The highest BCUT2D eigenvalue weighted by atomic mass is 35.5. The van der Waals surface area contributed by atoms with Gasteiger partial charge in [0.05, 0.1) is 4.90 Å². The summed E-state index contributed by atoms with van der Waals surface area (Å²) >= 11 is 5.80. The molecular weight excluding hydrogens is 433 g/mol. The Labute approximate surface area is 179 Å².